The molecule has 1 saturated heterocycles. The number of likely N-dealkylation sites (N-methyl/N-ethyl adjacent to an activating group) is 1. The zero-order valence-corrected chi connectivity index (χ0v) is 21.0. The van der Waals surface area contributed by atoms with Gasteiger partial charge < -0.3 is 24.3 Å². The average Bonchev–Trinajstić information content (AvgIpc) is 2.85. The van der Waals surface area contributed by atoms with Gasteiger partial charge in [0, 0.05) is 50.7 Å². The molecule has 0 bridgehead atoms. The van der Waals surface area contributed by atoms with Gasteiger partial charge in [-0.3, -0.25) is 9.59 Å². The van der Waals surface area contributed by atoms with Gasteiger partial charge in [0.25, 0.3) is 0 Å². The molecule has 0 spiro atoms. The molecule has 2 aliphatic rings. The number of nitrogens with zero attached hydrogens (tertiary/aromatic N) is 6. The average molecular weight is 481 g/mol. The lowest BCUT2D eigenvalue weighted by Crippen LogP contribution is -2.53. The summed E-state index contributed by atoms with van der Waals surface area (Å²) in [6.07, 6.45) is 3.00. The highest BCUT2D eigenvalue weighted by Gasteiger charge is 2.32. The molecular weight excluding hydrogens is 444 g/mol. The van der Waals surface area contributed by atoms with Crippen LogP contribution in [-0.4, -0.2) is 104 Å². The number of ether oxygens (including phenoxy) is 1. The Morgan fingerprint density at radius 2 is 1.69 bits per heavy atom. The molecule has 2 amide bonds. The van der Waals surface area contributed by atoms with Crippen LogP contribution in [0.3, 0.4) is 0 Å². The first-order valence-corrected chi connectivity index (χ1v) is 12.4. The largest absolute Gasteiger partial charge is 0.497 e. The third kappa shape index (κ3) is 6.28. The maximum Gasteiger partial charge on any atom is 0.242 e. The molecule has 1 aromatic carbocycles. The normalized spacial score (nSPS) is 16.2. The van der Waals surface area contributed by atoms with E-state index in [0.717, 1.165) is 48.6 Å². The summed E-state index contributed by atoms with van der Waals surface area (Å²) >= 11 is 0. The van der Waals surface area contributed by atoms with Gasteiger partial charge in [0.15, 0.2) is 5.82 Å². The van der Waals surface area contributed by atoms with Crippen LogP contribution < -0.4 is 9.64 Å². The molecule has 9 heteroatoms. The fourth-order valence-corrected chi connectivity index (χ4v) is 4.36. The lowest BCUT2D eigenvalue weighted by molar-refractivity contribution is -0.145. The molecule has 2 heterocycles. The number of anilines is 1. The highest BCUT2D eigenvalue weighted by Crippen LogP contribution is 2.28. The van der Waals surface area contributed by atoms with Gasteiger partial charge in [-0.05, 0) is 63.3 Å². The molecule has 9 nitrogen and oxygen atoms in total. The summed E-state index contributed by atoms with van der Waals surface area (Å²) in [4.78, 5) is 33.7. The zero-order chi connectivity index (χ0) is 24.8. The summed E-state index contributed by atoms with van der Waals surface area (Å²) in [7, 11) is 5.62. The summed E-state index contributed by atoms with van der Waals surface area (Å²) < 4.78 is 5.21. The predicted octanol–water partition coefficient (Wildman–Crippen LogP) is 1.99. The van der Waals surface area contributed by atoms with E-state index in [1.54, 1.807) is 12.0 Å². The van der Waals surface area contributed by atoms with Crippen LogP contribution in [0.1, 0.15) is 19.3 Å². The number of hydrogen-bond acceptors (Lipinski definition) is 7. The van der Waals surface area contributed by atoms with Crippen LogP contribution in [-0.2, 0) is 9.59 Å². The highest BCUT2D eigenvalue weighted by molar-refractivity contribution is 5.86. The first-order chi connectivity index (χ1) is 16.9. The molecule has 188 valence electrons. The second-order valence-electron chi connectivity index (χ2n) is 9.56. The van der Waals surface area contributed by atoms with Crippen molar-refractivity contribution in [2.75, 3.05) is 71.9 Å². The topological polar surface area (TPSA) is 82.1 Å². The van der Waals surface area contributed by atoms with Gasteiger partial charge in [0.05, 0.1) is 19.3 Å². The fourth-order valence-electron chi connectivity index (χ4n) is 4.36. The third-order valence-electron chi connectivity index (χ3n) is 6.90. The molecule has 1 saturated carbocycles. The number of methoxy groups -OCH3 is 1. The number of carbonyl (C=O) groups excluding carboxylic acids is 2. The van der Waals surface area contributed by atoms with E-state index in [0.29, 0.717) is 32.7 Å². The Labute approximate surface area is 207 Å². The van der Waals surface area contributed by atoms with E-state index >= 15 is 0 Å². The van der Waals surface area contributed by atoms with Crippen molar-refractivity contribution in [2.45, 2.75) is 19.3 Å². The van der Waals surface area contributed by atoms with Gasteiger partial charge in [-0.1, -0.05) is 6.42 Å². The fraction of sp³-hybridized carbons (Fsp3) is 0.538. The quantitative estimate of drug-likeness (QED) is 0.543. The first-order valence-electron chi connectivity index (χ1n) is 12.4. The van der Waals surface area contributed by atoms with Crippen LogP contribution in [0.15, 0.2) is 36.4 Å². The van der Waals surface area contributed by atoms with Gasteiger partial charge in [0.1, 0.15) is 5.75 Å². The van der Waals surface area contributed by atoms with Crippen molar-refractivity contribution in [3.63, 3.8) is 0 Å². The van der Waals surface area contributed by atoms with Crippen LogP contribution in [0.5, 0.6) is 5.75 Å². The van der Waals surface area contributed by atoms with Gasteiger partial charge >= 0.3 is 0 Å². The SMILES string of the molecule is COc1ccc(-c2ccc(N3CCN(C(=O)CN(CCN(C)C)C(=O)C4CCC4)CC3)nn2)cc1. The van der Waals surface area contributed by atoms with Crippen LogP contribution in [0, 0.1) is 5.92 Å². The number of amides is 2. The van der Waals surface area contributed by atoms with Crippen molar-refractivity contribution in [2.24, 2.45) is 5.92 Å². The number of carbonyl (C=O) groups is 2. The minimum absolute atomic E-state index is 0.0250. The Kier molecular flexibility index (Phi) is 8.17. The van der Waals surface area contributed by atoms with Crippen LogP contribution in [0.2, 0.25) is 0 Å². The number of piperazine rings is 1. The molecule has 35 heavy (non-hydrogen) atoms. The lowest BCUT2D eigenvalue weighted by atomic mass is 9.84. The van der Waals surface area contributed by atoms with Crippen LogP contribution in [0.25, 0.3) is 11.3 Å². The highest BCUT2D eigenvalue weighted by atomic mass is 16.5. The van der Waals surface area contributed by atoms with E-state index in [9.17, 15) is 9.59 Å². The van der Waals surface area contributed by atoms with E-state index < -0.39 is 0 Å². The molecule has 2 aromatic rings. The summed E-state index contributed by atoms with van der Waals surface area (Å²) in [5, 5.41) is 8.82. The zero-order valence-electron chi connectivity index (χ0n) is 21.0. The summed E-state index contributed by atoms with van der Waals surface area (Å²) in [5.74, 6) is 1.87. The van der Waals surface area contributed by atoms with E-state index in [2.05, 4.69) is 15.1 Å². The molecule has 1 aromatic heterocycles. The summed E-state index contributed by atoms with van der Waals surface area (Å²) in [6.45, 7) is 4.11. The van der Waals surface area contributed by atoms with E-state index in [4.69, 9.17) is 4.74 Å². The monoisotopic (exact) mass is 480 g/mol. The smallest absolute Gasteiger partial charge is 0.242 e. The number of hydrogen-bond donors (Lipinski definition) is 0. The van der Waals surface area contributed by atoms with Crippen molar-refractivity contribution in [1.29, 1.82) is 0 Å². The number of benzene rings is 1. The molecule has 4 rings (SSSR count). The van der Waals surface area contributed by atoms with Crippen molar-refractivity contribution < 1.29 is 14.3 Å². The van der Waals surface area contributed by atoms with E-state index in [1.165, 1.54) is 0 Å². The molecule has 0 N–H and O–H groups in total. The standard InChI is InChI=1S/C26H36N6O3/c1-29(2)13-14-32(26(34)21-5-4-6-21)19-25(33)31-17-15-30(16-18-31)24-12-11-23(27-28-24)20-7-9-22(35-3)10-8-20/h7-12,21H,4-6,13-19H2,1-3H3. The Morgan fingerprint density at radius 1 is 0.971 bits per heavy atom. The number of aromatic nitrogens is 2. The lowest BCUT2D eigenvalue weighted by Gasteiger charge is -2.37. The maximum atomic E-state index is 13.0. The Balaban J connectivity index is 1.30. The minimum Gasteiger partial charge on any atom is -0.497 e. The van der Waals surface area contributed by atoms with E-state index in [-0.39, 0.29) is 24.3 Å². The molecule has 0 radical (unpaired) electrons. The van der Waals surface area contributed by atoms with Crippen molar-refractivity contribution >= 4 is 17.6 Å². The van der Waals surface area contributed by atoms with Crippen molar-refractivity contribution in [3.8, 4) is 17.0 Å². The third-order valence-corrected chi connectivity index (χ3v) is 6.90. The summed E-state index contributed by atoms with van der Waals surface area (Å²) in [5.41, 5.74) is 1.79. The second-order valence-corrected chi connectivity index (χ2v) is 9.56. The Morgan fingerprint density at radius 3 is 2.23 bits per heavy atom. The van der Waals surface area contributed by atoms with Gasteiger partial charge in [-0.2, -0.15) is 0 Å². The maximum absolute atomic E-state index is 13.0. The van der Waals surface area contributed by atoms with Crippen LogP contribution in [0.4, 0.5) is 5.82 Å². The minimum atomic E-state index is 0.0250. The molecular formula is C26H36N6O3. The number of rotatable bonds is 9. The first kappa shape index (κ1) is 24.9. The molecule has 1 aliphatic carbocycles. The molecule has 1 aliphatic heterocycles. The van der Waals surface area contributed by atoms with Gasteiger partial charge in [-0.15, -0.1) is 10.2 Å². The molecule has 0 unspecified atom stereocenters. The Bertz CT molecular complexity index is 983. The van der Waals surface area contributed by atoms with Gasteiger partial charge in [0.2, 0.25) is 11.8 Å². The molecule has 2 fully saturated rings. The predicted molar refractivity (Wildman–Crippen MR) is 135 cm³/mol. The van der Waals surface area contributed by atoms with Crippen LogP contribution >= 0.6 is 0 Å². The molecule has 0 atom stereocenters. The van der Waals surface area contributed by atoms with E-state index in [1.807, 2.05) is 60.3 Å². The summed E-state index contributed by atoms with van der Waals surface area (Å²) in [6, 6.07) is 11.7. The van der Waals surface area contributed by atoms with Crippen molar-refractivity contribution in [1.82, 2.24) is 24.9 Å². The van der Waals surface area contributed by atoms with Crippen molar-refractivity contribution in [3.05, 3.63) is 36.4 Å². The second kappa shape index (κ2) is 11.5. The van der Waals surface area contributed by atoms with Gasteiger partial charge in [-0.25, -0.2) is 0 Å². The Hall–Kier alpha value is -3.20.